The van der Waals surface area contributed by atoms with Gasteiger partial charge in [0.2, 0.25) is 17.6 Å². The molecule has 0 saturated carbocycles. The molecule has 0 aliphatic carbocycles. The lowest BCUT2D eigenvalue weighted by Crippen LogP contribution is -2.42. The Balaban J connectivity index is 1.13. The number of thiophene rings is 1. The highest BCUT2D eigenvalue weighted by Crippen LogP contribution is 2.23. The summed E-state index contributed by atoms with van der Waals surface area (Å²) in [7, 11) is 0. The number of rotatable bonds is 7. The lowest BCUT2D eigenvalue weighted by Gasteiger charge is -2.30. The number of carbonyl (C=O) groups excluding carboxylic acids is 1. The van der Waals surface area contributed by atoms with Gasteiger partial charge in [-0.1, -0.05) is 23.4 Å². The fourth-order valence-corrected chi connectivity index (χ4v) is 4.61. The van der Waals surface area contributed by atoms with E-state index in [0.717, 1.165) is 35.5 Å². The molecule has 1 atom stereocenters. The summed E-state index contributed by atoms with van der Waals surface area (Å²) in [4.78, 5) is 24.6. The van der Waals surface area contributed by atoms with Gasteiger partial charge in [-0.3, -0.25) is 9.69 Å². The van der Waals surface area contributed by atoms with Crippen LogP contribution >= 0.6 is 11.3 Å². The molecule has 1 N–H and O–H groups in total. The van der Waals surface area contributed by atoms with Crippen molar-refractivity contribution in [1.29, 1.82) is 0 Å². The van der Waals surface area contributed by atoms with Crippen molar-refractivity contribution in [1.82, 2.24) is 29.9 Å². The molecule has 1 aliphatic heterocycles. The molecule has 8 nitrogen and oxygen atoms in total. The molecule has 0 radical (unpaired) electrons. The number of benzene rings is 1. The van der Waals surface area contributed by atoms with Crippen molar-refractivity contribution in [2.24, 2.45) is 5.92 Å². The topological polar surface area (TPSA) is 89.1 Å². The number of aromatic nitrogens is 4. The van der Waals surface area contributed by atoms with Crippen molar-refractivity contribution in [2.75, 3.05) is 13.1 Å². The summed E-state index contributed by atoms with van der Waals surface area (Å²) < 4.78 is 7.38. The number of carbonyl (C=O) groups is 1. The highest BCUT2D eigenvalue weighted by Gasteiger charge is 2.26. The first kappa shape index (κ1) is 20.6. The van der Waals surface area contributed by atoms with Crippen molar-refractivity contribution in [3.05, 3.63) is 72.0 Å². The first-order valence-corrected chi connectivity index (χ1v) is 11.6. The smallest absolute Gasteiger partial charge is 0.241 e. The van der Waals surface area contributed by atoms with Crippen molar-refractivity contribution in [3.63, 3.8) is 0 Å². The van der Waals surface area contributed by atoms with E-state index in [4.69, 9.17) is 4.52 Å². The predicted molar refractivity (Wildman–Crippen MR) is 121 cm³/mol. The SMILES string of the molecule is O=C(NCc1ccc(-n2ccnc2)cc1)C1CCCN(Cc2nc(-c3cccs3)no2)C1. The first-order valence-electron chi connectivity index (χ1n) is 10.7. The lowest BCUT2D eigenvalue weighted by molar-refractivity contribution is -0.127. The third kappa shape index (κ3) is 4.79. The van der Waals surface area contributed by atoms with Crippen molar-refractivity contribution < 1.29 is 9.32 Å². The zero-order valence-corrected chi connectivity index (χ0v) is 18.4. The minimum atomic E-state index is -0.0336. The average Bonchev–Trinajstić information content (AvgIpc) is 3.61. The monoisotopic (exact) mass is 448 g/mol. The molecule has 3 aromatic heterocycles. The van der Waals surface area contributed by atoms with Gasteiger partial charge in [0.1, 0.15) is 0 Å². The summed E-state index contributed by atoms with van der Waals surface area (Å²) in [6.07, 6.45) is 7.30. The largest absolute Gasteiger partial charge is 0.352 e. The molecule has 32 heavy (non-hydrogen) atoms. The molecule has 1 aromatic carbocycles. The summed E-state index contributed by atoms with van der Waals surface area (Å²) in [6, 6.07) is 12.1. The molecular formula is C23H24N6O2S. The van der Waals surface area contributed by atoms with E-state index in [2.05, 4.69) is 25.3 Å². The van der Waals surface area contributed by atoms with Crippen LogP contribution in [0.2, 0.25) is 0 Å². The molecule has 0 bridgehead atoms. The zero-order valence-electron chi connectivity index (χ0n) is 17.6. The summed E-state index contributed by atoms with van der Waals surface area (Å²) in [6.45, 7) is 2.71. The van der Waals surface area contributed by atoms with Crippen LogP contribution in [0.15, 0.2) is 65.0 Å². The van der Waals surface area contributed by atoms with Gasteiger partial charge in [-0.2, -0.15) is 4.98 Å². The Labute approximate surface area is 189 Å². The van der Waals surface area contributed by atoms with Gasteiger partial charge in [-0.15, -0.1) is 11.3 Å². The van der Waals surface area contributed by atoms with Crippen LogP contribution < -0.4 is 5.32 Å². The summed E-state index contributed by atoms with van der Waals surface area (Å²) >= 11 is 1.59. The van der Waals surface area contributed by atoms with E-state index in [1.165, 1.54) is 0 Å². The Kier molecular flexibility index (Phi) is 6.09. The predicted octanol–water partition coefficient (Wildman–Crippen LogP) is 3.51. The summed E-state index contributed by atoms with van der Waals surface area (Å²) in [5, 5.41) is 9.17. The van der Waals surface area contributed by atoms with E-state index in [0.29, 0.717) is 31.3 Å². The van der Waals surface area contributed by atoms with Gasteiger partial charge in [-0.05, 0) is 48.5 Å². The number of hydrogen-bond donors (Lipinski definition) is 1. The Morgan fingerprint density at radius 1 is 1.25 bits per heavy atom. The van der Waals surface area contributed by atoms with E-state index in [-0.39, 0.29) is 11.8 Å². The molecular weight excluding hydrogens is 424 g/mol. The van der Waals surface area contributed by atoms with Crippen LogP contribution in [0.3, 0.4) is 0 Å². The maximum absolute atomic E-state index is 12.8. The standard InChI is InChI=1S/C23H24N6O2S/c30-23(25-13-17-5-7-19(8-6-17)29-11-9-24-16-29)18-3-1-10-28(14-18)15-21-26-22(27-31-21)20-4-2-12-32-20/h2,4-9,11-12,16,18H,1,3,10,13-15H2,(H,25,30). The van der Waals surface area contributed by atoms with Gasteiger partial charge in [0.05, 0.1) is 23.7 Å². The number of piperidine rings is 1. The molecule has 1 unspecified atom stereocenters. The minimum Gasteiger partial charge on any atom is -0.352 e. The van der Waals surface area contributed by atoms with Gasteiger partial charge >= 0.3 is 0 Å². The molecule has 9 heteroatoms. The molecule has 164 valence electrons. The molecule has 4 aromatic rings. The van der Waals surface area contributed by atoms with Gasteiger partial charge in [0, 0.05) is 31.2 Å². The van der Waals surface area contributed by atoms with E-state index in [9.17, 15) is 4.79 Å². The lowest BCUT2D eigenvalue weighted by atomic mass is 9.97. The summed E-state index contributed by atoms with van der Waals surface area (Å²) in [5.41, 5.74) is 2.12. The highest BCUT2D eigenvalue weighted by molar-refractivity contribution is 7.13. The van der Waals surface area contributed by atoms with Gasteiger partial charge in [0.15, 0.2) is 0 Å². The molecule has 1 fully saturated rings. The Hall–Kier alpha value is -3.30. The Morgan fingerprint density at radius 3 is 2.94 bits per heavy atom. The molecule has 0 spiro atoms. The van der Waals surface area contributed by atoms with Gasteiger partial charge in [0.25, 0.3) is 0 Å². The maximum atomic E-state index is 12.8. The Bertz CT molecular complexity index is 1140. The van der Waals surface area contributed by atoms with Crippen LogP contribution in [0.1, 0.15) is 24.3 Å². The van der Waals surface area contributed by atoms with Gasteiger partial charge < -0.3 is 14.4 Å². The fraction of sp³-hybridized carbons (Fsp3) is 0.304. The second-order valence-electron chi connectivity index (χ2n) is 7.92. The number of imidazole rings is 1. The van der Waals surface area contributed by atoms with Crippen molar-refractivity contribution in [3.8, 4) is 16.4 Å². The number of likely N-dealkylation sites (tertiary alicyclic amines) is 1. The Morgan fingerprint density at radius 2 is 2.16 bits per heavy atom. The van der Waals surface area contributed by atoms with Crippen LogP contribution in [0.5, 0.6) is 0 Å². The van der Waals surface area contributed by atoms with Crippen LogP contribution in [0.4, 0.5) is 0 Å². The molecule has 4 heterocycles. The summed E-state index contributed by atoms with van der Waals surface area (Å²) in [5.74, 6) is 1.28. The first-order chi connectivity index (χ1) is 15.7. The minimum absolute atomic E-state index is 0.0336. The van der Waals surface area contributed by atoms with Gasteiger partial charge in [-0.25, -0.2) is 4.98 Å². The van der Waals surface area contributed by atoms with Crippen molar-refractivity contribution >= 4 is 17.2 Å². The third-order valence-corrected chi connectivity index (χ3v) is 6.52. The van der Waals surface area contributed by atoms with Crippen LogP contribution in [-0.2, 0) is 17.9 Å². The van der Waals surface area contributed by atoms with E-state index < -0.39 is 0 Å². The maximum Gasteiger partial charge on any atom is 0.241 e. The fourth-order valence-electron chi connectivity index (χ4n) is 3.96. The second-order valence-corrected chi connectivity index (χ2v) is 8.87. The number of nitrogens with zero attached hydrogens (tertiary/aromatic N) is 5. The van der Waals surface area contributed by atoms with Crippen molar-refractivity contribution in [2.45, 2.75) is 25.9 Å². The third-order valence-electron chi connectivity index (χ3n) is 5.65. The number of hydrogen-bond acceptors (Lipinski definition) is 7. The average molecular weight is 449 g/mol. The number of nitrogens with one attached hydrogen (secondary N) is 1. The van der Waals surface area contributed by atoms with Crippen LogP contribution in [0.25, 0.3) is 16.4 Å². The molecule has 1 aliphatic rings. The molecule has 1 saturated heterocycles. The normalized spacial score (nSPS) is 16.8. The van der Waals surface area contributed by atoms with Crippen LogP contribution in [0, 0.1) is 5.92 Å². The second kappa shape index (κ2) is 9.46. The molecule has 5 rings (SSSR count). The van der Waals surface area contributed by atoms with E-state index in [1.807, 2.05) is 52.5 Å². The number of amides is 1. The zero-order chi connectivity index (χ0) is 21.8. The molecule has 1 amide bonds. The quantitative estimate of drug-likeness (QED) is 0.465. The van der Waals surface area contributed by atoms with Crippen LogP contribution in [-0.4, -0.2) is 43.6 Å². The highest BCUT2D eigenvalue weighted by atomic mass is 32.1. The van der Waals surface area contributed by atoms with E-state index in [1.54, 1.807) is 23.9 Å². The van der Waals surface area contributed by atoms with E-state index >= 15 is 0 Å².